The summed E-state index contributed by atoms with van der Waals surface area (Å²) in [6, 6.07) is 0. The molecule has 6 heteroatoms. The van der Waals surface area contributed by atoms with Crippen LogP contribution in [0.4, 0.5) is 0 Å². The minimum Gasteiger partial charge on any atom is -0.394 e. The van der Waals surface area contributed by atoms with Gasteiger partial charge in [0.2, 0.25) is 0 Å². The monoisotopic (exact) mass is 390 g/mol. The molecule has 1 saturated heterocycles. The van der Waals surface area contributed by atoms with E-state index in [9.17, 15) is 20.4 Å². The Kier molecular flexibility index (Phi) is 13.5. The number of hydrogen-bond acceptors (Lipinski definition) is 6. The minimum atomic E-state index is -1.38. The van der Waals surface area contributed by atoms with Gasteiger partial charge in [-0.05, 0) is 12.8 Å². The van der Waals surface area contributed by atoms with Crippen molar-refractivity contribution in [2.45, 2.75) is 128 Å². The van der Waals surface area contributed by atoms with Crippen LogP contribution in [0.15, 0.2) is 0 Å². The van der Waals surface area contributed by atoms with Gasteiger partial charge in [0, 0.05) is 0 Å². The molecule has 0 spiro atoms. The van der Waals surface area contributed by atoms with E-state index in [4.69, 9.17) is 9.47 Å². The first kappa shape index (κ1) is 24.8. The second kappa shape index (κ2) is 14.7. The quantitative estimate of drug-likeness (QED) is 0.321. The van der Waals surface area contributed by atoms with E-state index in [0.29, 0.717) is 0 Å². The van der Waals surface area contributed by atoms with Gasteiger partial charge in [0.05, 0.1) is 12.7 Å². The number of hydrogen-bond donors (Lipinski definition) is 4. The van der Waals surface area contributed by atoms with Crippen LogP contribution in [-0.4, -0.2) is 63.8 Å². The van der Waals surface area contributed by atoms with Gasteiger partial charge in [0.15, 0.2) is 6.29 Å². The normalized spacial score (nSPS) is 28.8. The summed E-state index contributed by atoms with van der Waals surface area (Å²) in [5.41, 5.74) is 0. The van der Waals surface area contributed by atoms with Gasteiger partial charge in [-0.25, -0.2) is 0 Å². The Labute approximate surface area is 164 Å². The Morgan fingerprint density at radius 2 is 1.26 bits per heavy atom. The fourth-order valence-electron chi connectivity index (χ4n) is 3.60. The Morgan fingerprint density at radius 3 is 1.74 bits per heavy atom. The summed E-state index contributed by atoms with van der Waals surface area (Å²) in [5.74, 6) is 0. The van der Waals surface area contributed by atoms with Gasteiger partial charge < -0.3 is 29.9 Å². The zero-order valence-electron chi connectivity index (χ0n) is 17.3. The molecule has 0 bridgehead atoms. The highest BCUT2D eigenvalue weighted by Crippen LogP contribution is 2.26. The van der Waals surface area contributed by atoms with E-state index in [1.807, 2.05) is 0 Å². The summed E-state index contributed by atoms with van der Waals surface area (Å²) in [4.78, 5) is 0. The van der Waals surface area contributed by atoms with Crippen molar-refractivity contribution in [1.29, 1.82) is 0 Å². The van der Waals surface area contributed by atoms with Crippen LogP contribution >= 0.6 is 0 Å². The second-order valence-electron chi connectivity index (χ2n) is 7.86. The van der Waals surface area contributed by atoms with Crippen LogP contribution in [0.3, 0.4) is 0 Å². The van der Waals surface area contributed by atoms with E-state index in [1.165, 1.54) is 38.5 Å². The molecule has 1 heterocycles. The molecule has 6 nitrogen and oxygen atoms in total. The summed E-state index contributed by atoms with van der Waals surface area (Å²) < 4.78 is 11.5. The van der Waals surface area contributed by atoms with Gasteiger partial charge in [-0.3, -0.25) is 0 Å². The molecule has 5 atom stereocenters. The first-order chi connectivity index (χ1) is 13.0. The lowest BCUT2D eigenvalue weighted by Crippen LogP contribution is -2.59. The lowest BCUT2D eigenvalue weighted by molar-refractivity contribution is -0.312. The molecule has 0 amide bonds. The van der Waals surface area contributed by atoms with Crippen LogP contribution in [-0.2, 0) is 9.47 Å². The van der Waals surface area contributed by atoms with Crippen LogP contribution in [0.2, 0.25) is 0 Å². The zero-order valence-corrected chi connectivity index (χ0v) is 17.3. The van der Waals surface area contributed by atoms with Gasteiger partial charge in [0.1, 0.15) is 24.4 Å². The predicted octanol–water partition coefficient (Wildman–Crippen LogP) is 2.89. The van der Waals surface area contributed by atoms with E-state index in [0.717, 1.165) is 38.5 Å². The molecule has 0 aliphatic carbocycles. The zero-order chi connectivity index (χ0) is 20.1. The Bertz CT molecular complexity index is 338. The highest BCUT2D eigenvalue weighted by molar-refractivity contribution is 4.89. The van der Waals surface area contributed by atoms with Crippen LogP contribution < -0.4 is 0 Å². The van der Waals surface area contributed by atoms with Crippen LogP contribution in [0.5, 0.6) is 0 Å². The Hall–Kier alpha value is -0.240. The fourth-order valence-corrected chi connectivity index (χ4v) is 3.60. The van der Waals surface area contributed by atoms with Crippen molar-refractivity contribution in [1.82, 2.24) is 0 Å². The molecule has 1 aliphatic rings. The van der Waals surface area contributed by atoms with Gasteiger partial charge in [-0.1, -0.05) is 78.1 Å². The number of rotatable bonds is 15. The summed E-state index contributed by atoms with van der Waals surface area (Å²) in [6.07, 6.45) is 7.60. The molecule has 0 radical (unpaired) electrons. The van der Waals surface area contributed by atoms with E-state index in [2.05, 4.69) is 13.8 Å². The molecule has 1 rings (SSSR count). The van der Waals surface area contributed by atoms with Crippen molar-refractivity contribution in [3.8, 4) is 0 Å². The summed E-state index contributed by atoms with van der Waals surface area (Å²) >= 11 is 0. The highest BCUT2D eigenvalue weighted by atomic mass is 16.7. The molecule has 0 aromatic heterocycles. The van der Waals surface area contributed by atoms with Crippen LogP contribution in [0.25, 0.3) is 0 Å². The third kappa shape index (κ3) is 9.20. The van der Waals surface area contributed by atoms with Crippen molar-refractivity contribution in [2.75, 3.05) is 6.61 Å². The van der Waals surface area contributed by atoms with E-state index < -0.39 is 37.3 Å². The predicted molar refractivity (Wildman–Crippen MR) is 105 cm³/mol. The molecule has 0 aromatic rings. The maximum absolute atomic E-state index is 10.2. The first-order valence-electron chi connectivity index (χ1n) is 11.0. The van der Waals surface area contributed by atoms with Gasteiger partial charge in [0.25, 0.3) is 0 Å². The molecule has 1 aliphatic heterocycles. The molecule has 1 unspecified atom stereocenters. The smallest absolute Gasteiger partial charge is 0.186 e. The lowest BCUT2D eigenvalue weighted by Gasteiger charge is -2.41. The van der Waals surface area contributed by atoms with Gasteiger partial charge >= 0.3 is 0 Å². The van der Waals surface area contributed by atoms with E-state index in [-0.39, 0.29) is 6.10 Å². The molecule has 27 heavy (non-hydrogen) atoms. The SMILES string of the molecule is CCCCCCCC(CCCCCCC)OC1O[C@H](CO)[C@@H](O)[C@H](O)[C@H]1O. The third-order valence-corrected chi connectivity index (χ3v) is 5.43. The first-order valence-corrected chi connectivity index (χ1v) is 11.0. The van der Waals surface area contributed by atoms with Crippen molar-refractivity contribution >= 4 is 0 Å². The average molecular weight is 391 g/mol. The van der Waals surface area contributed by atoms with Crippen molar-refractivity contribution < 1.29 is 29.9 Å². The molecule has 4 N–H and O–H groups in total. The number of unbranched alkanes of at least 4 members (excludes halogenated alkanes) is 8. The van der Waals surface area contributed by atoms with Crippen molar-refractivity contribution in [3.05, 3.63) is 0 Å². The van der Waals surface area contributed by atoms with E-state index >= 15 is 0 Å². The lowest BCUT2D eigenvalue weighted by atomic mass is 9.98. The van der Waals surface area contributed by atoms with Crippen molar-refractivity contribution in [3.63, 3.8) is 0 Å². The maximum atomic E-state index is 10.2. The number of aliphatic hydroxyl groups is 4. The molecule has 0 saturated carbocycles. The maximum Gasteiger partial charge on any atom is 0.186 e. The molecule has 162 valence electrons. The Morgan fingerprint density at radius 1 is 0.741 bits per heavy atom. The fraction of sp³-hybridized carbons (Fsp3) is 1.00. The van der Waals surface area contributed by atoms with Crippen molar-refractivity contribution in [2.24, 2.45) is 0 Å². The van der Waals surface area contributed by atoms with Gasteiger partial charge in [-0.2, -0.15) is 0 Å². The second-order valence-corrected chi connectivity index (χ2v) is 7.86. The largest absolute Gasteiger partial charge is 0.394 e. The summed E-state index contributed by atoms with van der Waals surface area (Å²) in [6.45, 7) is 3.96. The van der Waals surface area contributed by atoms with Gasteiger partial charge in [-0.15, -0.1) is 0 Å². The minimum absolute atomic E-state index is 0.0466. The summed E-state index contributed by atoms with van der Waals surface area (Å²) in [7, 11) is 0. The standard InChI is InChI=1S/C21H42O6/c1-3-5-7-9-11-13-16(14-12-10-8-6-4-2)26-21-20(25)19(24)18(23)17(15-22)27-21/h16-25H,3-15H2,1-2H3/t17-,18-,19+,20-,21?/m1/s1. The molecular weight excluding hydrogens is 348 g/mol. The molecular formula is C21H42O6. The van der Waals surface area contributed by atoms with E-state index in [1.54, 1.807) is 0 Å². The summed E-state index contributed by atoms with van der Waals surface area (Å²) in [5, 5.41) is 39.4. The number of aliphatic hydroxyl groups excluding tert-OH is 4. The molecule has 0 aromatic carbocycles. The van der Waals surface area contributed by atoms with Crippen LogP contribution in [0, 0.1) is 0 Å². The average Bonchev–Trinajstić information content (AvgIpc) is 2.67. The van der Waals surface area contributed by atoms with Crippen LogP contribution in [0.1, 0.15) is 90.9 Å². The third-order valence-electron chi connectivity index (χ3n) is 5.43. The Balaban J connectivity index is 2.53. The highest BCUT2D eigenvalue weighted by Gasteiger charge is 2.44. The number of ether oxygens (including phenoxy) is 2. The molecule has 1 fully saturated rings. The topological polar surface area (TPSA) is 99.4 Å².